The van der Waals surface area contributed by atoms with Gasteiger partial charge in [-0.3, -0.25) is 29.0 Å². The maximum atomic E-state index is 14.7. The fraction of sp³-hybridized carbons (Fsp3) is 0.431. The number of aryl methyl sites for hydroxylation is 1. The van der Waals surface area contributed by atoms with Gasteiger partial charge in [0.05, 0.1) is 24.3 Å². The average molecular weight is 885 g/mol. The van der Waals surface area contributed by atoms with Gasteiger partial charge in [0.15, 0.2) is 0 Å². The van der Waals surface area contributed by atoms with Crippen LogP contribution in [0.1, 0.15) is 82.6 Å². The van der Waals surface area contributed by atoms with Crippen LogP contribution in [0.2, 0.25) is 0 Å². The quantitative estimate of drug-likeness (QED) is 0.141. The average Bonchev–Trinajstić information content (AvgIpc) is 3.92. The number of nitrogens with zero attached hydrogens (tertiary/aromatic N) is 4. The number of methoxy groups -OCH3 is 1. The Morgan fingerprint density at radius 2 is 1.82 bits per heavy atom. The molecule has 4 aromatic rings. The Hall–Kier alpha value is -6.25. The number of ether oxygens (including phenoxy) is 2. The number of benzene rings is 3. The second kappa shape index (κ2) is 18.0. The van der Waals surface area contributed by atoms with Gasteiger partial charge in [0.2, 0.25) is 11.8 Å². The van der Waals surface area contributed by atoms with E-state index in [4.69, 9.17) is 9.47 Å². The van der Waals surface area contributed by atoms with E-state index in [1.165, 1.54) is 23.0 Å². The first-order chi connectivity index (χ1) is 31.1. The Bertz CT molecular complexity index is 2630. The molecule has 3 aromatic carbocycles. The van der Waals surface area contributed by atoms with Crippen LogP contribution in [0.25, 0.3) is 33.3 Å². The lowest BCUT2D eigenvalue weighted by molar-refractivity contribution is -0.156. The van der Waals surface area contributed by atoms with Crippen LogP contribution in [0.3, 0.4) is 0 Å². The number of aromatic hydroxyl groups is 1. The molecule has 14 nitrogen and oxygen atoms in total. The third-order valence-electron chi connectivity index (χ3n) is 13.7. The van der Waals surface area contributed by atoms with Crippen molar-refractivity contribution in [2.45, 2.75) is 91.0 Å². The van der Waals surface area contributed by atoms with E-state index in [2.05, 4.69) is 66.9 Å². The van der Waals surface area contributed by atoms with E-state index in [0.29, 0.717) is 43.5 Å². The van der Waals surface area contributed by atoms with Crippen molar-refractivity contribution >= 4 is 40.5 Å². The number of esters is 1. The number of allylic oxidation sites excluding steroid dienone is 1. The largest absolute Gasteiger partial charge is 0.508 e. The molecule has 5 atom stereocenters. The van der Waals surface area contributed by atoms with Crippen molar-refractivity contribution in [1.29, 1.82) is 0 Å². The molecule has 342 valence electrons. The van der Waals surface area contributed by atoms with Crippen molar-refractivity contribution in [2.24, 2.45) is 11.3 Å². The summed E-state index contributed by atoms with van der Waals surface area (Å²) in [5.74, 6) is -3.01. The highest BCUT2D eigenvalue weighted by molar-refractivity contribution is 6.01. The van der Waals surface area contributed by atoms with Crippen LogP contribution in [0.4, 0.5) is 0 Å². The van der Waals surface area contributed by atoms with Crippen LogP contribution < -0.4 is 10.7 Å². The van der Waals surface area contributed by atoms with Crippen LogP contribution in [0.5, 0.6) is 5.75 Å². The summed E-state index contributed by atoms with van der Waals surface area (Å²) >= 11 is 0. The number of amides is 4. The molecule has 0 spiro atoms. The number of fused-ring (bicyclic) bond motifs is 8. The highest BCUT2D eigenvalue weighted by atomic mass is 16.5. The zero-order chi connectivity index (χ0) is 46.5. The smallest absolute Gasteiger partial charge is 0.324 e. The lowest BCUT2D eigenvalue weighted by atomic mass is 9.66. The summed E-state index contributed by atoms with van der Waals surface area (Å²) in [7, 11) is 3.25. The fourth-order valence-electron chi connectivity index (χ4n) is 10.6. The topological polar surface area (TPSA) is 163 Å². The summed E-state index contributed by atoms with van der Waals surface area (Å²) < 4.78 is 15.0. The lowest BCUT2D eigenvalue weighted by Gasteiger charge is -2.43. The number of carbonyl (C=O) groups excluding carboxylic acids is 5. The molecular formula is C51H60N6O8. The minimum Gasteiger partial charge on any atom is -0.508 e. The number of hydrogen-bond acceptors (Lipinski definition) is 9. The number of rotatable bonds is 7. The first-order valence-corrected chi connectivity index (χ1v) is 22.6. The first kappa shape index (κ1) is 45.3. The molecule has 65 heavy (non-hydrogen) atoms. The Balaban J connectivity index is 1.22. The molecule has 1 aliphatic carbocycles. The third kappa shape index (κ3) is 8.33. The van der Waals surface area contributed by atoms with E-state index in [1.54, 1.807) is 38.0 Å². The second-order valence-electron chi connectivity index (χ2n) is 18.7. The molecular weight excluding hydrogens is 825 g/mol. The van der Waals surface area contributed by atoms with Crippen LogP contribution in [0.15, 0.2) is 84.6 Å². The van der Waals surface area contributed by atoms with E-state index in [0.717, 1.165) is 44.4 Å². The van der Waals surface area contributed by atoms with E-state index in [9.17, 15) is 29.1 Å². The minimum atomic E-state index is -1.19. The molecule has 3 aliphatic heterocycles. The maximum Gasteiger partial charge on any atom is 0.324 e. The van der Waals surface area contributed by atoms with Gasteiger partial charge in [-0.1, -0.05) is 56.8 Å². The molecule has 2 saturated heterocycles. The van der Waals surface area contributed by atoms with E-state index in [1.807, 2.05) is 24.3 Å². The van der Waals surface area contributed by atoms with E-state index >= 15 is 0 Å². The van der Waals surface area contributed by atoms with Gasteiger partial charge in [-0.05, 0) is 104 Å². The fourth-order valence-corrected chi connectivity index (χ4v) is 10.6. The van der Waals surface area contributed by atoms with Gasteiger partial charge in [-0.2, -0.15) is 0 Å². The van der Waals surface area contributed by atoms with Crippen LogP contribution in [-0.4, -0.2) is 107 Å². The van der Waals surface area contributed by atoms with E-state index < -0.39 is 41.2 Å². The number of phenols is 1. The highest BCUT2D eigenvalue weighted by Gasteiger charge is 2.47. The van der Waals surface area contributed by atoms with Crippen molar-refractivity contribution in [1.82, 2.24) is 30.1 Å². The molecule has 6 bridgehead atoms. The molecule has 1 aromatic heterocycles. The van der Waals surface area contributed by atoms with Crippen molar-refractivity contribution < 1.29 is 38.6 Å². The van der Waals surface area contributed by atoms with Gasteiger partial charge in [-0.15, -0.1) is 0 Å². The summed E-state index contributed by atoms with van der Waals surface area (Å²) in [5, 5.41) is 16.7. The van der Waals surface area contributed by atoms with Gasteiger partial charge in [0, 0.05) is 74.6 Å². The Labute approximate surface area is 380 Å². The number of likely N-dealkylation sites (tertiary alicyclic amines) is 1. The summed E-state index contributed by atoms with van der Waals surface area (Å²) in [6, 6.07) is 17.8. The van der Waals surface area contributed by atoms with Crippen molar-refractivity contribution in [3.05, 3.63) is 101 Å². The van der Waals surface area contributed by atoms with Gasteiger partial charge < -0.3 is 34.3 Å². The molecule has 8 rings (SSSR count). The number of phenolic OH excluding ortho intramolecular Hbond substituents is 1. The van der Waals surface area contributed by atoms with Crippen LogP contribution >= 0.6 is 0 Å². The second-order valence-corrected chi connectivity index (χ2v) is 18.7. The zero-order valence-corrected chi connectivity index (χ0v) is 38.4. The molecule has 0 radical (unpaired) electrons. The van der Waals surface area contributed by atoms with Gasteiger partial charge in [-0.25, -0.2) is 5.43 Å². The number of nitrogens with one attached hydrogen (secondary N) is 2. The van der Waals surface area contributed by atoms with Gasteiger partial charge in [0.1, 0.15) is 23.5 Å². The molecule has 14 heteroatoms. The normalized spacial score (nSPS) is 22.7. The molecule has 4 amide bonds. The molecule has 1 unspecified atom stereocenters. The predicted molar refractivity (Wildman–Crippen MR) is 247 cm³/mol. The minimum absolute atomic E-state index is 0.0140. The summed E-state index contributed by atoms with van der Waals surface area (Å²) in [5.41, 5.74) is 10.6. The molecule has 4 aliphatic rings. The van der Waals surface area contributed by atoms with Crippen LogP contribution in [-0.2, 0) is 46.4 Å². The Morgan fingerprint density at radius 3 is 2.54 bits per heavy atom. The molecule has 2 fully saturated rings. The van der Waals surface area contributed by atoms with E-state index in [-0.39, 0.29) is 61.4 Å². The Morgan fingerprint density at radius 1 is 1.05 bits per heavy atom. The van der Waals surface area contributed by atoms with Crippen molar-refractivity contribution in [3.8, 4) is 28.1 Å². The summed E-state index contributed by atoms with van der Waals surface area (Å²) in [4.78, 5) is 72.3. The number of hydrogen-bond donors (Lipinski definition) is 3. The monoisotopic (exact) mass is 884 g/mol. The standard InChI is InChI=1S/C51H60N6O8/c1-9-41(59)55-21-19-32(27-55)48(61)54(7)44(29(3)4)47(60)52-39-24-30-22-33(25-34(58)23-30)31-17-18-40-37(26-31)42-43(46(64-8)36-15-12-11-14-35(36)45(42)56(40)10-2)51(5,6)28-65-50(63)38-16-13-20-57(53-38)49(39)62/h9,11-12,14-15,17-18,22-23,25-26,32,38-39,43,46,53,58H,1,10,13,16,19-21,24,27-28H2,2-8H3,(H,52,60)/t32-,38-,39-,43?,46-/m0/s1. The number of aromatic nitrogens is 1. The number of cyclic esters (lactones) is 1. The lowest BCUT2D eigenvalue weighted by Crippen LogP contribution is -2.60. The molecule has 0 saturated carbocycles. The Kier molecular flexibility index (Phi) is 12.5. The van der Waals surface area contributed by atoms with Gasteiger partial charge >= 0.3 is 5.97 Å². The van der Waals surface area contributed by atoms with Gasteiger partial charge in [0.25, 0.3) is 11.8 Å². The molecule has 4 heterocycles. The number of hydrazine groups is 1. The zero-order valence-electron chi connectivity index (χ0n) is 38.4. The van der Waals surface area contributed by atoms with Crippen molar-refractivity contribution in [3.63, 3.8) is 0 Å². The predicted octanol–water partition coefficient (Wildman–Crippen LogP) is 6.38. The number of likely N-dealkylation sites (N-methyl/N-ethyl adjacent to an activating group) is 1. The SMILES string of the molecule is C=CC(=O)N1CC[C@H](C(=O)N(C)C(C(=O)N[C@H]2Cc3cc(O)cc(c3)-c3ccc4c(c3)c3c(n4CC)-c4ccccc4[C@H](OC)C3C(C)(C)COC(=O)[C@@H]3CCCN(N3)C2=O)=C(C)C)C1. The first-order valence-electron chi connectivity index (χ1n) is 22.6. The van der Waals surface area contributed by atoms with Crippen LogP contribution in [0, 0.1) is 11.3 Å². The summed E-state index contributed by atoms with van der Waals surface area (Å²) in [6.07, 6.45) is 2.19. The number of carbonyl (C=O) groups is 5. The summed E-state index contributed by atoms with van der Waals surface area (Å²) in [6.45, 7) is 15.0. The maximum absolute atomic E-state index is 14.7. The van der Waals surface area contributed by atoms with Crippen molar-refractivity contribution in [2.75, 3.05) is 40.4 Å². The highest BCUT2D eigenvalue weighted by Crippen LogP contribution is 2.57. The molecule has 3 N–H and O–H groups in total. The third-order valence-corrected chi connectivity index (χ3v) is 13.7.